The maximum absolute atomic E-state index is 12.0. The lowest BCUT2D eigenvalue weighted by atomic mass is 10.1. The number of hydrogen-bond donors (Lipinski definition) is 1. The molecule has 258 valence electrons. The van der Waals surface area contributed by atoms with E-state index < -0.39 is 6.23 Å². The number of rotatable bonds is 34. The van der Waals surface area contributed by atoms with Crippen molar-refractivity contribution in [3.63, 3.8) is 0 Å². The lowest BCUT2D eigenvalue weighted by molar-refractivity contribution is -0.151. The van der Waals surface area contributed by atoms with Crippen molar-refractivity contribution in [2.45, 2.75) is 206 Å². The molecule has 5 heteroatoms. The third-order valence-electron chi connectivity index (χ3n) is 8.23. The Labute approximate surface area is 273 Å². The standard InChI is InChI=1S/C39H73NO4/c1-3-5-7-9-11-13-15-17-19-21-23-25-27-29-31-33-38(41)43-36-35-37(40)44-39(42)34-32-30-28-26-24-22-20-18-16-14-12-10-8-6-4-2/h17-20,37H,3-16,21-36,40H2,1-2H3/b19-17-,20-18-. The van der Waals surface area contributed by atoms with E-state index in [1.807, 2.05) is 0 Å². The average Bonchev–Trinajstić information content (AvgIpc) is 3.01. The molecule has 0 saturated heterocycles. The quantitative estimate of drug-likeness (QED) is 0.0335. The van der Waals surface area contributed by atoms with Crippen LogP contribution in [0.1, 0.15) is 200 Å². The van der Waals surface area contributed by atoms with Crippen molar-refractivity contribution in [1.29, 1.82) is 0 Å². The van der Waals surface area contributed by atoms with Gasteiger partial charge in [0, 0.05) is 19.3 Å². The van der Waals surface area contributed by atoms with Gasteiger partial charge < -0.3 is 9.47 Å². The molecule has 0 bridgehead atoms. The van der Waals surface area contributed by atoms with Gasteiger partial charge in [0.1, 0.15) is 0 Å². The molecule has 0 radical (unpaired) electrons. The van der Waals surface area contributed by atoms with Gasteiger partial charge in [-0.3, -0.25) is 15.3 Å². The minimum absolute atomic E-state index is 0.186. The summed E-state index contributed by atoms with van der Waals surface area (Å²) in [6.07, 6.45) is 41.9. The maximum atomic E-state index is 12.0. The Bertz CT molecular complexity index is 675. The second-order valence-corrected chi connectivity index (χ2v) is 12.7. The maximum Gasteiger partial charge on any atom is 0.307 e. The minimum Gasteiger partial charge on any atom is -0.465 e. The first-order valence-corrected chi connectivity index (χ1v) is 19.0. The summed E-state index contributed by atoms with van der Waals surface area (Å²) in [7, 11) is 0. The van der Waals surface area contributed by atoms with Crippen molar-refractivity contribution >= 4 is 11.9 Å². The Kier molecular flexibility index (Phi) is 34.5. The van der Waals surface area contributed by atoms with Crippen LogP contribution in [0.3, 0.4) is 0 Å². The van der Waals surface area contributed by atoms with Gasteiger partial charge in [0.15, 0.2) is 6.23 Å². The van der Waals surface area contributed by atoms with E-state index in [1.54, 1.807) is 0 Å². The van der Waals surface area contributed by atoms with E-state index >= 15 is 0 Å². The highest BCUT2D eigenvalue weighted by atomic mass is 16.6. The Morgan fingerprint density at radius 1 is 0.500 bits per heavy atom. The van der Waals surface area contributed by atoms with Gasteiger partial charge in [-0.25, -0.2) is 0 Å². The molecule has 2 N–H and O–H groups in total. The van der Waals surface area contributed by atoms with E-state index in [0.717, 1.165) is 44.9 Å². The number of hydrogen-bond acceptors (Lipinski definition) is 5. The predicted molar refractivity (Wildman–Crippen MR) is 189 cm³/mol. The highest BCUT2D eigenvalue weighted by Gasteiger charge is 2.11. The monoisotopic (exact) mass is 620 g/mol. The minimum atomic E-state index is -0.710. The zero-order valence-electron chi connectivity index (χ0n) is 29.3. The van der Waals surface area contributed by atoms with Crippen molar-refractivity contribution in [2.75, 3.05) is 6.61 Å². The largest absolute Gasteiger partial charge is 0.465 e. The Hall–Kier alpha value is -1.62. The summed E-state index contributed by atoms with van der Waals surface area (Å²) >= 11 is 0. The fourth-order valence-electron chi connectivity index (χ4n) is 5.33. The van der Waals surface area contributed by atoms with Crippen LogP contribution in [0.15, 0.2) is 24.3 Å². The summed E-state index contributed by atoms with van der Waals surface area (Å²) < 4.78 is 10.6. The van der Waals surface area contributed by atoms with E-state index in [1.165, 1.54) is 122 Å². The summed E-state index contributed by atoms with van der Waals surface area (Å²) in [6.45, 7) is 4.72. The Morgan fingerprint density at radius 2 is 0.841 bits per heavy atom. The molecule has 0 aromatic carbocycles. The predicted octanol–water partition coefficient (Wildman–Crippen LogP) is 11.8. The first-order chi connectivity index (χ1) is 21.6. The average molecular weight is 620 g/mol. The first-order valence-electron chi connectivity index (χ1n) is 19.0. The van der Waals surface area contributed by atoms with Crippen LogP contribution in [0.2, 0.25) is 0 Å². The number of nitrogens with two attached hydrogens (primary N) is 1. The summed E-state index contributed by atoms with van der Waals surface area (Å²) in [6, 6.07) is 0. The molecule has 0 aromatic heterocycles. The zero-order chi connectivity index (χ0) is 32.2. The number of carbonyl (C=O) groups is 2. The zero-order valence-corrected chi connectivity index (χ0v) is 29.3. The lowest BCUT2D eigenvalue weighted by Gasteiger charge is -2.13. The van der Waals surface area contributed by atoms with E-state index in [2.05, 4.69) is 38.2 Å². The van der Waals surface area contributed by atoms with Crippen LogP contribution < -0.4 is 5.73 Å². The van der Waals surface area contributed by atoms with Crippen molar-refractivity contribution in [1.82, 2.24) is 0 Å². The van der Waals surface area contributed by atoms with E-state index in [4.69, 9.17) is 15.2 Å². The molecule has 5 nitrogen and oxygen atoms in total. The van der Waals surface area contributed by atoms with Gasteiger partial charge in [-0.2, -0.15) is 0 Å². The van der Waals surface area contributed by atoms with Crippen LogP contribution in [0.5, 0.6) is 0 Å². The summed E-state index contributed by atoms with van der Waals surface area (Å²) in [5.74, 6) is -0.441. The van der Waals surface area contributed by atoms with Crippen LogP contribution in [-0.2, 0) is 19.1 Å². The smallest absolute Gasteiger partial charge is 0.307 e. The number of carbonyl (C=O) groups excluding carboxylic acids is 2. The van der Waals surface area contributed by atoms with Crippen LogP contribution in [0, 0.1) is 0 Å². The highest BCUT2D eigenvalue weighted by molar-refractivity contribution is 5.69. The van der Waals surface area contributed by atoms with Gasteiger partial charge in [-0.1, -0.05) is 141 Å². The molecule has 0 saturated carbocycles. The molecule has 44 heavy (non-hydrogen) atoms. The van der Waals surface area contributed by atoms with Crippen molar-refractivity contribution in [3.05, 3.63) is 24.3 Å². The van der Waals surface area contributed by atoms with Crippen LogP contribution in [-0.4, -0.2) is 24.8 Å². The molecule has 0 aliphatic carbocycles. The third kappa shape index (κ3) is 34.9. The normalized spacial score (nSPS) is 12.3. The van der Waals surface area contributed by atoms with Gasteiger partial charge in [0.2, 0.25) is 0 Å². The SMILES string of the molecule is CCCCCCCC/C=C\CCCCCCCC(=O)OCCC(N)OC(=O)CCCCCCC/C=C\CCCCCCCC. The Morgan fingerprint density at radius 3 is 1.25 bits per heavy atom. The van der Waals surface area contributed by atoms with Crippen LogP contribution >= 0.6 is 0 Å². The molecular weight excluding hydrogens is 546 g/mol. The molecule has 1 unspecified atom stereocenters. The number of allylic oxidation sites excluding steroid dienone is 4. The van der Waals surface area contributed by atoms with Crippen molar-refractivity contribution in [3.8, 4) is 0 Å². The van der Waals surface area contributed by atoms with Crippen LogP contribution in [0.4, 0.5) is 0 Å². The van der Waals surface area contributed by atoms with E-state index in [0.29, 0.717) is 19.3 Å². The first kappa shape index (κ1) is 42.4. The van der Waals surface area contributed by atoms with Gasteiger partial charge in [0.05, 0.1) is 6.61 Å². The molecule has 0 spiro atoms. The second-order valence-electron chi connectivity index (χ2n) is 12.7. The van der Waals surface area contributed by atoms with Gasteiger partial charge in [-0.05, 0) is 64.2 Å². The number of ether oxygens (including phenoxy) is 2. The molecule has 0 heterocycles. The number of esters is 2. The van der Waals surface area contributed by atoms with Crippen molar-refractivity contribution in [2.24, 2.45) is 5.73 Å². The van der Waals surface area contributed by atoms with E-state index in [9.17, 15) is 9.59 Å². The fraction of sp³-hybridized carbons (Fsp3) is 0.846. The second kappa shape index (κ2) is 35.9. The summed E-state index contributed by atoms with van der Waals surface area (Å²) in [5.41, 5.74) is 5.91. The highest BCUT2D eigenvalue weighted by Crippen LogP contribution is 2.12. The molecule has 0 aliphatic heterocycles. The van der Waals surface area contributed by atoms with Gasteiger partial charge >= 0.3 is 11.9 Å². The fourth-order valence-corrected chi connectivity index (χ4v) is 5.33. The lowest BCUT2D eigenvalue weighted by Crippen LogP contribution is -2.29. The van der Waals surface area contributed by atoms with E-state index in [-0.39, 0.29) is 18.5 Å². The van der Waals surface area contributed by atoms with Crippen LogP contribution in [0.25, 0.3) is 0 Å². The molecule has 0 rings (SSSR count). The topological polar surface area (TPSA) is 78.6 Å². The third-order valence-corrected chi connectivity index (χ3v) is 8.23. The molecule has 0 fully saturated rings. The molecule has 0 aliphatic rings. The van der Waals surface area contributed by atoms with Gasteiger partial charge in [0.25, 0.3) is 0 Å². The number of unbranched alkanes of at least 4 members (excludes halogenated alkanes) is 22. The molecule has 0 aromatic rings. The summed E-state index contributed by atoms with van der Waals surface area (Å²) in [5, 5.41) is 0. The van der Waals surface area contributed by atoms with Crippen molar-refractivity contribution < 1.29 is 19.1 Å². The molecule has 1 atom stereocenters. The summed E-state index contributed by atoms with van der Waals surface area (Å²) in [4.78, 5) is 24.0. The Balaban J connectivity index is 3.45. The molecule has 0 amide bonds. The van der Waals surface area contributed by atoms with Gasteiger partial charge in [-0.15, -0.1) is 0 Å². The molecular formula is C39H73NO4.